The van der Waals surface area contributed by atoms with E-state index in [9.17, 15) is 4.79 Å². The van der Waals surface area contributed by atoms with Crippen LogP contribution in [-0.2, 0) is 9.53 Å². The molecule has 0 saturated carbocycles. The van der Waals surface area contributed by atoms with Crippen molar-refractivity contribution in [3.8, 4) is 0 Å². The Bertz CT molecular complexity index is 432. The maximum Gasteiger partial charge on any atom is 0.322 e. The summed E-state index contributed by atoms with van der Waals surface area (Å²) in [6.45, 7) is 5.09. The highest BCUT2D eigenvalue weighted by Gasteiger charge is 2.26. The number of hydrogen-bond acceptors (Lipinski definition) is 6. The van der Waals surface area contributed by atoms with Gasteiger partial charge in [-0.15, -0.1) is 0 Å². The molecule has 1 aromatic rings. The maximum atomic E-state index is 11.5. The molecule has 104 valence electrons. The van der Waals surface area contributed by atoms with Gasteiger partial charge in [0.15, 0.2) is 0 Å². The monoisotopic (exact) mass is 328 g/mol. The first kappa shape index (κ1) is 14.2. The van der Waals surface area contributed by atoms with Crippen molar-refractivity contribution in [3.63, 3.8) is 0 Å². The van der Waals surface area contributed by atoms with E-state index in [2.05, 4.69) is 35.7 Å². The van der Waals surface area contributed by atoms with Crippen LogP contribution >= 0.6 is 15.9 Å². The summed E-state index contributed by atoms with van der Waals surface area (Å²) in [7, 11) is 1.42. The molecular formula is C12H17BrN4O2. The lowest BCUT2D eigenvalue weighted by Crippen LogP contribution is -2.52. The van der Waals surface area contributed by atoms with Gasteiger partial charge >= 0.3 is 5.97 Å². The highest BCUT2D eigenvalue weighted by Crippen LogP contribution is 2.14. The minimum atomic E-state index is -0.196. The maximum absolute atomic E-state index is 11.5. The van der Waals surface area contributed by atoms with Crippen molar-refractivity contribution < 1.29 is 9.53 Å². The molecule has 1 aromatic heterocycles. The Morgan fingerprint density at radius 3 is 2.42 bits per heavy atom. The van der Waals surface area contributed by atoms with Crippen LogP contribution < -0.4 is 4.90 Å². The molecule has 1 fully saturated rings. The van der Waals surface area contributed by atoms with Crippen LogP contribution in [0.2, 0.25) is 0 Å². The van der Waals surface area contributed by atoms with Gasteiger partial charge in [0.05, 0.1) is 11.6 Å². The molecule has 0 spiro atoms. The number of carbonyl (C=O) groups is 1. The lowest BCUT2D eigenvalue weighted by molar-refractivity contribution is -0.146. The van der Waals surface area contributed by atoms with Gasteiger partial charge in [-0.1, -0.05) is 0 Å². The number of rotatable bonds is 3. The van der Waals surface area contributed by atoms with Crippen LogP contribution in [0.5, 0.6) is 0 Å². The van der Waals surface area contributed by atoms with E-state index >= 15 is 0 Å². The molecule has 7 heteroatoms. The molecule has 6 nitrogen and oxygen atoms in total. The Labute approximate surface area is 120 Å². The topological polar surface area (TPSA) is 58.6 Å². The molecule has 0 radical (unpaired) electrons. The largest absolute Gasteiger partial charge is 0.468 e. The van der Waals surface area contributed by atoms with Gasteiger partial charge in [-0.05, 0) is 22.9 Å². The summed E-state index contributed by atoms with van der Waals surface area (Å²) in [5.41, 5.74) is 0. The van der Waals surface area contributed by atoms with Crippen molar-refractivity contribution >= 4 is 27.8 Å². The van der Waals surface area contributed by atoms with Crippen LogP contribution in [-0.4, -0.2) is 60.2 Å². The number of methoxy groups -OCH3 is 1. The van der Waals surface area contributed by atoms with Gasteiger partial charge in [-0.3, -0.25) is 9.69 Å². The zero-order chi connectivity index (χ0) is 13.8. The fourth-order valence-electron chi connectivity index (χ4n) is 2.10. The van der Waals surface area contributed by atoms with Crippen LogP contribution in [0.15, 0.2) is 16.9 Å². The summed E-state index contributed by atoms with van der Waals surface area (Å²) < 4.78 is 5.64. The van der Waals surface area contributed by atoms with Gasteiger partial charge < -0.3 is 9.64 Å². The van der Waals surface area contributed by atoms with Gasteiger partial charge in [0.1, 0.15) is 6.04 Å². The predicted octanol–water partition coefficient (Wildman–Crippen LogP) is 0.923. The van der Waals surface area contributed by atoms with E-state index in [4.69, 9.17) is 4.74 Å². The van der Waals surface area contributed by atoms with Crippen LogP contribution in [0.4, 0.5) is 5.95 Å². The average molecular weight is 329 g/mol. The van der Waals surface area contributed by atoms with E-state index in [0.717, 1.165) is 36.6 Å². The number of halogens is 1. The van der Waals surface area contributed by atoms with Gasteiger partial charge in [-0.25, -0.2) is 9.97 Å². The summed E-state index contributed by atoms with van der Waals surface area (Å²) >= 11 is 3.32. The van der Waals surface area contributed by atoms with E-state index in [1.54, 1.807) is 12.4 Å². The smallest absolute Gasteiger partial charge is 0.322 e. The fraction of sp³-hybridized carbons (Fsp3) is 0.583. The number of esters is 1. The van der Waals surface area contributed by atoms with Gasteiger partial charge in [0.2, 0.25) is 5.95 Å². The van der Waals surface area contributed by atoms with E-state index in [1.165, 1.54) is 7.11 Å². The van der Waals surface area contributed by atoms with Crippen LogP contribution in [0, 0.1) is 0 Å². The van der Waals surface area contributed by atoms with Crippen molar-refractivity contribution in [1.82, 2.24) is 14.9 Å². The van der Waals surface area contributed by atoms with E-state index in [0.29, 0.717) is 0 Å². The third kappa shape index (κ3) is 3.42. The minimum Gasteiger partial charge on any atom is -0.468 e. The Hall–Kier alpha value is -1.21. The fourth-order valence-corrected chi connectivity index (χ4v) is 2.30. The van der Waals surface area contributed by atoms with Crippen molar-refractivity contribution in [3.05, 3.63) is 16.9 Å². The lowest BCUT2D eigenvalue weighted by atomic mass is 10.2. The van der Waals surface area contributed by atoms with Gasteiger partial charge in [0.25, 0.3) is 0 Å². The third-order valence-electron chi connectivity index (χ3n) is 3.29. The van der Waals surface area contributed by atoms with Gasteiger partial charge in [0, 0.05) is 38.6 Å². The second kappa shape index (κ2) is 6.29. The summed E-state index contributed by atoms with van der Waals surface area (Å²) in [6.07, 6.45) is 3.48. The summed E-state index contributed by atoms with van der Waals surface area (Å²) in [5, 5.41) is 0. The molecule has 0 aromatic carbocycles. The number of ether oxygens (including phenoxy) is 1. The molecule has 2 rings (SSSR count). The number of hydrogen-bond donors (Lipinski definition) is 0. The normalized spacial score (nSPS) is 18.2. The molecule has 1 aliphatic rings. The Balaban J connectivity index is 1.92. The molecule has 0 bridgehead atoms. The van der Waals surface area contributed by atoms with E-state index in [1.807, 2.05) is 6.92 Å². The minimum absolute atomic E-state index is 0.187. The number of nitrogens with zero attached hydrogens (tertiary/aromatic N) is 4. The first-order chi connectivity index (χ1) is 9.11. The van der Waals surface area contributed by atoms with Gasteiger partial charge in [-0.2, -0.15) is 0 Å². The highest BCUT2D eigenvalue weighted by molar-refractivity contribution is 9.10. The Morgan fingerprint density at radius 1 is 1.32 bits per heavy atom. The lowest BCUT2D eigenvalue weighted by Gasteiger charge is -2.36. The van der Waals surface area contributed by atoms with Crippen LogP contribution in [0.1, 0.15) is 6.92 Å². The number of piperazine rings is 1. The van der Waals surface area contributed by atoms with Crippen molar-refractivity contribution in [2.45, 2.75) is 13.0 Å². The zero-order valence-electron chi connectivity index (χ0n) is 11.0. The molecule has 1 saturated heterocycles. The molecule has 0 N–H and O–H groups in total. The van der Waals surface area contributed by atoms with Crippen LogP contribution in [0.25, 0.3) is 0 Å². The zero-order valence-corrected chi connectivity index (χ0v) is 12.6. The predicted molar refractivity (Wildman–Crippen MR) is 75.0 cm³/mol. The molecule has 1 aliphatic heterocycles. The number of carbonyl (C=O) groups excluding carboxylic acids is 1. The van der Waals surface area contributed by atoms with Crippen molar-refractivity contribution in [2.75, 3.05) is 38.2 Å². The molecule has 2 heterocycles. The summed E-state index contributed by atoms with van der Waals surface area (Å²) in [5.74, 6) is 0.543. The van der Waals surface area contributed by atoms with Crippen LogP contribution in [0.3, 0.4) is 0 Å². The molecule has 0 aliphatic carbocycles. The quantitative estimate of drug-likeness (QED) is 0.769. The first-order valence-electron chi connectivity index (χ1n) is 6.16. The molecule has 19 heavy (non-hydrogen) atoms. The molecular weight excluding hydrogens is 312 g/mol. The third-order valence-corrected chi connectivity index (χ3v) is 3.70. The molecule has 0 unspecified atom stereocenters. The Morgan fingerprint density at radius 2 is 1.89 bits per heavy atom. The molecule has 0 amide bonds. The molecule has 1 atom stereocenters. The number of aromatic nitrogens is 2. The average Bonchev–Trinajstić information content (AvgIpc) is 2.46. The second-order valence-corrected chi connectivity index (χ2v) is 5.34. The van der Waals surface area contributed by atoms with E-state index < -0.39 is 0 Å². The summed E-state index contributed by atoms with van der Waals surface area (Å²) in [6, 6.07) is -0.196. The first-order valence-corrected chi connectivity index (χ1v) is 6.95. The summed E-state index contributed by atoms with van der Waals surface area (Å²) in [4.78, 5) is 24.3. The van der Waals surface area contributed by atoms with E-state index in [-0.39, 0.29) is 12.0 Å². The highest BCUT2D eigenvalue weighted by atomic mass is 79.9. The van der Waals surface area contributed by atoms with Crippen molar-refractivity contribution in [2.24, 2.45) is 0 Å². The Kier molecular flexibility index (Phi) is 4.71. The van der Waals surface area contributed by atoms with Crippen molar-refractivity contribution in [1.29, 1.82) is 0 Å². The number of anilines is 1. The standard InChI is InChI=1S/C12H17BrN4O2/c1-9(11(18)19-2)16-3-5-17(6-4-16)12-14-7-10(13)8-15-12/h7-9H,3-6H2,1-2H3/t9-/m0/s1. The second-order valence-electron chi connectivity index (χ2n) is 4.42. The SMILES string of the molecule is COC(=O)[C@H](C)N1CCN(c2ncc(Br)cn2)CC1.